The van der Waals surface area contributed by atoms with Crippen LogP contribution in [0.3, 0.4) is 0 Å². The Morgan fingerprint density at radius 3 is 2.83 bits per heavy atom. The smallest absolute Gasteiger partial charge is 0.220 e. The largest absolute Gasteiger partial charge is 0.457 e. The summed E-state index contributed by atoms with van der Waals surface area (Å²) in [6.07, 6.45) is 7.07. The molecule has 30 heavy (non-hydrogen) atoms. The molecule has 1 atom stereocenters. The number of hydrogen-bond acceptors (Lipinski definition) is 7. The highest BCUT2D eigenvalue weighted by atomic mass is 16.3. The van der Waals surface area contributed by atoms with Crippen molar-refractivity contribution in [1.29, 1.82) is 0 Å². The van der Waals surface area contributed by atoms with Crippen LogP contribution in [0, 0.1) is 4.91 Å². The Bertz CT molecular complexity index is 1070. The minimum Gasteiger partial charge on any atom is -0.457 e. The molecule has 154 valence electrons. The lowest BCUT2D eigenvalue weighted by molar-refractivity contribution is 0.206. The molecule has 1 aliphatic carbocycles. The third-order valence-corrected chi connectivity index (χ3v) is 6.15. The first-order valence-electron chi connectivity index (χ1n) is 10.6. The number of hydrogen-bond donors (Lipinski definition) is 1. The van der Waals surface area contributed by atoms with Gasteiger partial charge in [0.2, 0.25) is 5.95 Å². The van der Waals surface area contributed by atoms with Crippen LogP contribution in [0.25, 0.3) is 22.6 Å². The zero-order chi connectivity index (χ0) is 20.5. The van der Waals surface area contributed by atoms with Crippen molar-refractivity contribution in [2.45, 2.75) is 44.7 Å². The highest BCUT2D eigenvalue weighted by Gasteiger charge is 2.25. The van der Waals surface area contributed by atoms with E-state index in [1.807, 2.05) is 18.2 Å². The fourth-order valence-electron chi connectivity index (χ4n) is 4.63. The quantitative estimate of drug-likeness (QED) is 0.619. The van der Waals surface area contributed by atoms with Crippen molar-refractivity contribution in [2.24, 2.45) is 5.18 Å². The van der Waals surface area contributed by atoms with E-state index in [1.54, 1.807) is 6.20 Å². The van der Waals surface area contributed by atoms with E-state index in [-0.39, 0.29) is 12.0 Å². The molecule has 2 aromatic heterocycles. The standard InChI is InChI=1S/C23H25N5O2/c24-23-25-9-8-21(26-23)22-19(13-17(30-22)14-28-10-2-1-3-11-28)16-4-6-18-15(12-16)5-7-20(18)27-29/h4,6,8-9,12-13,20H,1-3,5,7,10-11,14H2,(H2,24,25,26). The van der Waals surface area contributed by atoms with E-state index in [0.717, 1.165) is 54.9 Å². The lowest BCUT2D eigenvalue weighted by Gasteiger charge is -2.25. The number of fused-ring (bicyclic) bond motifs is 1. The molecule has 3 heterocycles. The maximum Gasteiger partial charge on any atom is 0.220 e. The van der Waals surface area contributed by atoms with Gasteiger partial charge in [-0.05, 0) is 67.6 Å². The first-order valence-corrected chi connectivity index (χ1v) is 10.6. The second-order valence-corrected chi connectivity index (χ2v) is 8.17. The summed E-state index contributed by atoms with van der Waals surface area (Å²) in [5.74, 6) is 1.85. The zero-order valence-corrected chi connectivity index (χ0v) is 16.9. The van der Waals surface area contributed by atoms with Crippen molar-refractivity contribution < 1.29 is 4.42 Å². The van der Waals surface area contributed by atoms with Crippen LogP contribution in [0.2, 0.25) is 0 Å². The number of aromatic nitrogens is 2. The maximum atomic E-state index is 11.1. The molecule has 1 unspecified atom stereocenters. The third-order valence-electron chi connectivity index (χ3n) is 6.15. The summed E-state index contributed by atoms with van der Waals surface area (Å²) >= 11 is 0. The molecule has 0 saturated carbocycles. The number of rotatable bonds is 5. The van der Waals surface area contributed by atoms with Crippen LogP contribution in [0.4, 0.5) is 5.95 Å². The third kappa shape index (κ3) is 3.61. The highest BCUT2D eigenvalue weighted by Crippen LogP contribution is 2.40. The van der Waals surface area contributed by atoms with E-state index >= 15 is 0 Å². The predicted octanol–water partition coefficient (Wildman–Crippen LogP) is 4.73. The number of nitrogens with zero attached hydrogens (tertiary/aromatic N) is 4. The van der Waals surface area contributed by atoms with E-state index in [0.29, 0.717) is 11.5 Å². The molecule has 1 fully saturated rings. The molecular weight excluding hydrogens is 378 g/mol. The molecule has 3 aromatic rings. The molecule has 5 rings (SSSR count). The van der Waals surface area contributed by atoms with Gasteiger partial charge in [-0.3, -0.25) is 4.90 Å². The monoisotopic (exact) mass is 403 g/mol. The Kier molecular flexibility index (Phi) is 5.04. The highest BCUT2D eigenvalue weighted by molar-refractivity contribution is 5.79. The molecule has 1 aliphatic heterocycles. The molecule has 0 radical (unpaired) electrons. The Morgan fingerprint density at radius 2 is 2.03 bits per heavy atom. The van der Waals surface area contributed by atoms with E-state index in [2.05, 4.69) is 32.2 Å². The van der Waals surface area contributed by atoms with Gasteiger partial charge >= 0.3 is 0 Å². The van der Waals surface area contributed by atoms with Gasteiger partial charge in [0.15, 0.2) is 5.76 Å². The van der Waals surface area contributed by atoms with E-state index < -0.39 is 0 Å². The normalized spacial score (nSPS) is 19.0. The Hall–Kier alpha value is -3.06. The molecule has 0 spiro atoms. The van der Waals surface area contributed by atoms with Gasteiger partial charge in [0.05, 0.1) is 6.54 Å². The van der Waals surface area contributed by atoms with Crippen LogP contribution in [0.1, 0.15) is 48.6 Å². The van der Waals surface area contributed by atoms with Gasteiger partial charge < -0.3 is 10.2 Å². The summed E-state index contributed by atoms with van der Waals surface area (Å²) in [5, 5.41) is 3.27. The summed E-state index contributed by atoms with van der Waals surface area (Å²) in [6.45, 7) is 2.99. The van der Waals surface area contributed by atoms with Gasteiger partial charge in [-0.1, -0.05) is 29.8 Å². The van der Waals surface area contributed by atoms with E-state index in [1.165, 1.54) is 24.8 Å². The lowest BCUT2D eigenvalue weighted by Crippen LogP contribution is -2.28. The van der Waals surface area contributed by atoms with Gasteiger partial charge in [0.1, 0.15) is 17.5 Å². The summed E-state index contributed by atoms with van der Waals surface area (Å²) < 4.78 is 6.32. The van der Waals surface area contributed by atoms with Gasteiger partial charge in [-0.15, -0.1) is 0 Å². The molecular formula is C23H25N5O2. The molecule has 1 aromatic carbocycles. The number of nitrogen functional groups attached to an aromatic ring is 1. The summed E-state index contributed by atoms with van der Waals surface area (Å²) in [5.41, 5.74) is 10.8. The van der Waals surface area contributed by atoms with Crippen molar-refractivity contribution in [3.8, 4) is 22.6 Å². The molecule has 0 amide bonds. The zero-order valence-electron chi connectivity index (χ0n) is 16.9. The van der Waals surface area contributed by atoms with Crippen LogP contribution in [0.5, 0.6) is 0 Å². The Morgan fingerprint density at radius 1 is 1.17 bits per heavy atom. The first-order chi connectivity index (χ1) is 14.7. The number of furan rings is 1. The topological polar surface area (TPSA) is 97.6 Å². The molecule has 2 N–H and O–H groups in total. The van der Waals surface area contributed by atoms with Gasteiger partial charge in [0, 0.05) is 11.8 Å². The molecule has 7 nitrogen and oxygen atoms in total. The first kappa shape index (κ1) is 18.9. The minimum absolute atomic E-state index is 0.223. The number of nitrogens with two attached hydrogens (primary N) is 1. The van der Waals surface area contributed by atoms with Crippen molar-refractivity contribution in [2.75, 3.05) is 18.8 Å². The van der Waals surface area contributed by atoms with Crippen LogP contribution in [-0.4, -0.2) is 28.0 Å². The van der Waals surface area contributed by atoms with Crippen molar-refractivity contribution in [3.05, 3.63) is 58.3 Å². The average Bonchev–Trinajstić information content (AvgIpc) is 3.38. The fourth-order valence-corrected chi connectivity index (χ4v) is 4.63. The minimum atomic E-state index is -0.228. The fraction of sp³-hybridized carbons (Fsp3) is 0.391. The number of piperidine rings is 1. The maximum absolute atomic E-state index is 11.1. The van der Waals surface area contributed by atoms with E-state index in [9.17, 15) is 4.91 Å². The lowest BCUT2D eigenvalue weighted by atomic mass is 9.99. The van der Waals surface area contributed by atoms with Crippen LogP contribution in [-0.2, 0) is 13.0 Å². The SMILES string of the molecule is Nc1nccc(-c2oc(CN3CCCCC3)cc2-c2ccc3c(c2)CCC3N=O)n1. The van der Waals surface area contributed by atoms with E-state index in [4.69, 9.17) is 10.2 Å². The van der Waals surface area contributed by atoms with Gasteiger partial charge in [0.25, 0.3) is 0 Å². The number of benzene rings is 1. The molecule has 0 bridgehead atoms. The number of likely N-dealkylation sites (tertiary alicyclic amines) is 1. The summed E-state index contributed by atoms with van der Waals surface area (Å²) in [6, 6.07) is 9.95. The Labute approximate surface area is 175 Å². The van der Waals surface area contributed by atoms with Crippen LogP contribution in [0.15, 0.2) is 46.1 Å². The molecule has 2 aliphatic rings. The number of nitroso groups, excluding NO2 is 1. The number of aryl methyl sites for hydroxylation is 1. The Balaban J connectivity index is 1.55. The average molecular weight is 403 g/mol. The van der Waals surface area contributed by atoms with Crippen LogP contribution < -0.4 is 5.73 Å². The molecule has 1 saturated heterocycles. The van der Waals surface area contributed by atoms with Crippen molar-refractivity contribution in [1.82, 2.24) is 14.9 Å². The van der Waals surface area contributed by atoms with Crippen molar-refractivity contribution in [3.63, 3.8) is 0 Å². The number of anilines is 1. The summed E-state index contributed by atoms with van der Waals surface area (Å²) in [4.78, 5) is 21.9. The summed E-state index contributed by atoms with van der Waals surface area (Å²) in [7, 11) is 0. The van der Waals surface area contributed by atoms with Gasteiger partial charge in [-0.25, -0.2) is 9.97 Å². The molecule has 7 heteroatoms. The second-order valence-electron chi connectivity index (χ2n) is 8.17. The van der Waals surface area contributed by atoms with Crippen LogP contribution >= 0.6 is 0 Å². The predicted molar refractivity (Wildman–Crippen MR) is 116 cm³/mol. The van der Waals surface area contributed by atoms with Gasteiger partial charge in [-0.2, -0.15) is 4.91 Å². The second kappa shape index (κ2) is 7.99. The van der Waals surface area contributed by atoms with Crippen molar-refractivity contribution >= 4 is 5.95 Å².